The van der Waals surface area contributed by atoms with Crippen molar-refractivity contribution in [2.24, 2.45) is 5.73 Å². The van der Waals surface area contributed by atoms with Gasteiger partial charge in [0.25, 0.3) is 0 Å². The fourth-order valence-corrected chi connectivity index (χ4v) is 1.70. The van der Waals surface area contributed by atoms with E-state index in [1.165, 1.54) is 7.11 Å². The molecule has 1 unspecified atom stereocenters. The Morgan fingerprint density at radius 3 is 2.41 bits per heavy atom. The van der Waals surface area contributed by atoms with E-state index in [0.29, 0.717) is 0 Å². The lowest BCUT2D eigenvalue weighted by Gasteiger charge is -2.22. The Kier molecular flexibility index (Phi) is 3.94. The zero-order valence-electron chi connectivity index (χ0n) is 11.2. The van der Waals surface area contributed by atoms with E-state index in [-0.39, 0.29) is 5.41 Å². The summed E-state index contributed by atoms with van der Waals surface area (Å²) in [6, 6.07) is 5.36. The molecule has 0 bridgehead atoms. The Morgan fingerprint density at radius 1 is 1.35 bits per heavy atom. The summed E-state index contributed by atoms with van der Waals surface area (Å²) < 4.78 is 4.68. The van der Waals surface area contributed by atoms with E-state index in [1.54, 1.807) is 0 Å². The van der Waals surface area contributed by atoms with Crippen molar-refractivity contribution in [2.75, 3.05) is 7.11 Å². The van der Waals surface area contributed by atoms with Crippen molar-refractivity contribution in [2.45, 2.75) is 39.2 Å². The number of hydrogen-bond acceptors (Lipinski definition) is 3. The molecule has 0 heterocycles. The Balaban J connectivity index is 3.20. The molecule has 17 heavy (non-hydrogen) atoms. The minimum atomic E-state index is -0.706. The van der Waals surface area contributed by atoms with Gasteiger partial charge in [0.15, 0.2) is 0 Å². The largest absolute Gasteiger partial charge is 0.468 e. The quantitative estimate of drug-likeness (QED) is 0.801. The standard InChI is InChI=1S/C14H21NO2/c1-9-6-7-10(14(2,3)4)8-11(9)12(15)13(16)17-5/h6-8,12H,15H2,1-5H3. The molecule has 0 aliphatic carbocycles. The molecule has 1 rings (SSSR count). The first-order valence-corrected chi connectivity index (χ1v) is 5.72. The van der Waals surface area contributed by atoms with Crippen molar-refractivity contribution in [3.8, 4) is 0 Å². The molecule has 3 heteroatoms. The third-order valence-corrected chi connectivity index (χ3v) is 2.94. The van der Waals surface area contributed by atoms with E-state index in [0.717, 1.165) is 16.7 Å². The van der Waals surface area contributed by atoms with E-state index in [1.807, 2.05) is 19.1 Å². The molecule has 1 atom stereocenters. The maximum absolute atomic E-state index is 11.5. The maximum Gasteiger partial charge on any atom is 0.327 e. The van der Waals surface area contributed by atoms with E-state index >= 15 is 0 Å². The average molecular weight is 235 g/mol. The number of aryl methyl sites for hydroxylation is 1. The van der Waals surface area contributed by atoms with Crippen LogP contribution >= 0.6 is 0 Å². The lowest BCUT2D eigenvalue weighted by molar-refractivity contribution is -0.142. The number of benzene rings is 1. The first-order chi connectivity index (χ1) is 7.77. The topological polar surface area (TPSA) is 52.3 Å². The number of carbonyl (C=O) groups excluding carboxylic acids is 1. The van der Waals surface area contributed by atoms with Crippen LogP contribution in [0.25, 0.3) is 0 Å². The Bertz CT molecular complexity index is 419. The molecule has 94 valence electrons. The predicted molar refractivity (Wildman–Crippen MR) is 68.8 cm³/mol. The smallest absolute Gasteiger partial charge is 0.327 e. The van der Waals surface area contributed by atoms with Gasteiger partial charge in [-0.1, -0.05) is 39.0 Å². The maximum atomic E-state index is 11.5. The van der Waals surface area contributed by atoms with Crippen molar-refractivity contribution in [1.82, 2.24) is 0 Å². The summed E-state index contributed by atoms with van der Waals surface area (Å²) in [4.78, 5) is 11.5. The third-order valence-electron chi connectivity index (χ3n) is 2.94. The molecule has 0 aliphatic rings. The molecule has 0 amide bonds. The summed E-state index contributed by atoms with van der Waals surface area (Å²) in [6.07, 6.45) is 0. The van der Waals surface area contributed by atoms with Gasteiger partial charge in [-0.25, -0.2) is 0 Å². The number of carbonyl (C=O) groups is 1. The van der Waals surface area contributed by atoms with E-state index in [2.05, 4.69) is 31.6 Å². The second-order valence-electron chi connectivity index (χ2n) is 5.32. The van der Waals surface area contributed by atoms with Crippen LogP contribution in [0.15, 0.2) is 18.2 Å². The Hall–Kier alpha value is -1.35. The van der Waals surface area contributed by atoms with Crippen molar-refractivity contribution in [3.05, 3.63) is 34.9 Å². The van der Waals surface area contributed by atoms with Crippen LogP contribution in [0.5, 0.6) is 0 Å². The number of ether oxygens (including phenoxy) is 1. The minimum Gasteiger partial charge on any atom is -0.468 e. The minimum absolute atomic E-state index is 0.0400. The second-order valence-corrected chi connectivity index (χ2v) is 5.32. The van der Waals surface area contributed by atoms with Crippen LogP contribution in [0.2, 0.25) is 0 Å². The van der Waals surface area contributed by atoms with Crippen molar-refractivity contribution < 1.29 is 9.53 Å². The zero-order chi connectivity index (χ0) is 13.2. The summed E-state index contributed by atoms with van der Waals surface area (Å²) >= 11 is 0. The molecule has 1 aromatic rings. The Morgan fingerprint density at radius 2 is 1.94 bits per heavy atom. The van der Waals surface area contributed by atoms with E-state index in [9.17, 15) is 4.79 Å². The summed E-state index contributed by atoms with van der Waals surface area (Å²) in [5, 5.41) is 0. The van der Waals surface area contributed by atoms with Gasteiger partial charge in [-0.05, 0) is 29.0 Å². The first-order valence-electron chi connectivity index (χ1n) is 5.72. The molecule has 0 aliphatic heterocycles. The molecular weight excluding hydrogens is 214 g/mol. The number of methoxy groups -OCH3 is 1. The van der Waals surface area contributed by atoms with Gasteiger partial charge >= 0.3 is 5.97 Å². The van der Waals surface area contributed by atoms with Crippen LogP contribution < -0.4 is 5.73 Å². The summed E-state index contributed by atoms with van der Waals surface area (Å²) in [5.41, 5.74) is 8.94. The van der Waals surface area contributed by atoms with Gasteiger partial charge in [0.2, 0.25) is 0 Å². The monoisotopic (exact) mass is 235 g/mol. The number of hydrogen-bond donors (Lipinski definition) is 1. The molecule has 0 spiro atoms. The SMILES string of the molecule is COC(=O)C(N)c1cc(C(C)(C)C)ccc1C. The summed E-state index contributed by atoms with van der Waals surface area (Å²) in [7, 11) is 1.35. The average Bonchev–Trinajstić information content (AvgIpc) is 2.26. The highest BCUT2D eigenvalue weighted by molar-refractivity contribution is 5.77. The van der Waals surface area contributed by atoms with Crippen molar-refractivity contribution in [1.29, 1.82) is 0 Å². The van der Waals surface area contributed by atoms with E-state index in [4.69, 9.17) is 5.73 Å². The van der Waals surface area contributed by atoms with Gasteiger partial charge < -0.3 is 10.5 Å². The fourth-order valence-electron chi connectivity index (χ4n) is 1.70. The molecule has 0 radical (unpaired) electrons. The Labute approximate surface area is 103 Å². The molecule has 1 aromatic carbocycles. The highest BCUT2D eigenvalue weighted by atomic mass is 16.5. The van der Waals surface area contributed by atoms with Gasteiger partial charge in [-0.2, -0.15) is 0 Å². The van der Waals surface area contributed by atoms with Gasteiger partial charge in [0, 0.05) is 0 Å². The highest BCUT2D eigenvalue weighted by Crippen LogP contribution is 2.27. The molecule has 0 saturated carbocycles. The number of esters is 1. The predicted octanol–water partition coefficient (Wildman–Crippen LogP) is 2.47. The molecule has 2 N–H and O–H groups in total. The van der Waals surface area contributed by atoms with Gasteiger partial charge in [-0.15, -0.1) is 0 Å². The zero-order valence-corrected chi connectivity index (χ0v) is 11.2. The van der Waals surface area contributed by atoms with Crippen LogP contribution in [-0.4, -0.2) is 13.1 Å². The van der Waals surface area contributed by atoms with Gasteiger partial charge in [0.1, 0.15) is 6.04 Å². The van der Waals surface area contributed by atoms with Gasteiger partial charge in [0.05, 0.1) is 7.11 Å². The third kappa shape index (κ3) is 3.07. The molecule has 0 aromatic heterocycles. The summed E-state index contributed by atoms with van der Waals surface area (Å²) in [5.74, 6) is -0.404. The lowest BCUT2D eigenvalue weighted by Crippen LogP contribution is -2.24. The molecule has 0 saturated heterocycles. The second kappa shape index (κ2) is 4.88. The highest BCUT2D eigenvalue weighted by Gasteiger charge is 2.21. The van der Waals surface area contributed by atoms with Crippen LogP contribution in [0, 0.1) is 6.92 Å². The van der Waals surface area contributed by atoms with Crippen LogP contribution in [0.4, 0.5) is 0 Å². The number of nitrogens with two attached hydrogens (primary N) is 1. The molecule has 0 fully saturated rings. The first kappa shape index (κ1) is 13.7. The van der Waals surface area contributed by atoms with Crippen LogP contribution in [-0.2, 0) is 14.9 Å². The molecule has 3 nitrogen and oxygen atoms in total. The van der Waals surface area contributed by atoms with Gasteiger partial charge in [-0.3, -0.25) is 4.79 Å². The fraction of sp³-hybridized carbons (Fsp3) is 0.500. The van der Waals surface area contributed by atoms with E-state index < -0.39 is 12.0 Å². The van der Waals surface area contributed by atoms with Crippen LogP contribution in [0.1, 0.15) is 43.5 Å². The normalized spacial score (nSPS) is 13.3. The van der Waals surface area contributed by atoms with Crippen molar-refractivity contribution in [3.63, 3.8) is 0 Å². The lowest BCUT2D eigenvalue weighted by atomic mass is 9.84. The molecular formula is C14H21NO2. The summed E-state index contributed by atoms with van der Waals surface area (Å²) in [6.45, 7) is 8.34. The van der Waals surface area contributed by atoms with Crippen LogP contribution in [0.3, 0.4) is 0 Å². The number of rotatable bonds is 2. The van der Waals surface area contributed by atoms with Crippen molar-refractivity contribution >= 4 is 5.97 Å².